The van der Waals surface area contributed by atoms with Gasteiger partial charge in [-0.15, -0.1) is 0 Å². The zero-order valence-electron chi connectivity index (χ0n) is 12.9. The zero-order valence-corrected chi connectivity index (χ0v) is 12.9. The monoisotopic (exact) mass is 305 g/mol. The van der Waals surface area contributed by atoms with Crippen LogP contribution in [-0.2, 0) is 13.0 Å². The Morgan fingerprint density at radius 3 is 2.57 bits per heavy atom. The quantitative estimate of drug-likeness (QED) is 0.793. The Morgan fingerprint density at radius 2 is 1.74 bits per heavy atom. The Balaban J connectivity index is 1.54. The number of urea groups is 1. The summed E-state index contributed by atoms with van der Waals surface area (Å²) in [5, 5.41) is 5.98. The minimum atomic E-state index is 0.00195. The van der Waals surface area contributed by atoms with Crippen molar-refractivity contribution < 1.29 is 4.79 Å². The summed E-state index contributed by atoms with van der Waals surface area (Å²) < 4.78 is 0. The summed E-state index contributed by atoms with van der Waals surface area (Å²) in [6.07, 6.45) is 3.53. The minimum Gasteiger partial charge on any atom is -0.318 e. The van der Waals surface area contributed by atoms with Crippen LogP contribution < -0.4 is 0 Å². The molecule has 2 aromatic carbocycles. The number of hydrogen-bond donors (Lipinski definition) is 0. The molecule has 2 aliphatic heterocycles. The van der Waals surface area contributed by atoms with Crippen LogP contribution in [0.15, 0.2) is 59.7 Å². The molecule has 0 fully saturated rings. The molecule has 2 heterocycles. The van der Waals surface area contributed by atoms with E-state index in [0.29, 0.717) is 6.54 Å². The van der Waals surface area contributed by atoms with Gasteiger partial charge in [0.1, 0.15) is 0 Å². The number of nitrogens with zero attached hydrogens (tertiary/aromatic N) is 3. The molecule has 1 atom stereocenters. The van der Waals surface area contributed by atoms with Gasteiger partial charge in [-0.3, -0.25) is 0 Å². The first-order valence-corrected chi connectivity index (χ1v) is 8.05. The molecular weight excluding hydrogens is 286 g/mol. The van der Waals surface area contributed by atoms with E-state index in [4.69, 9.17) is 0 Å². The van der Waals surface area contributed by atoms with Crippen molar-refractivity contribution in [2.75, 3.05) is 6.54 Å². The number of rotatable bonds is 1. The van der Waals surface area contributed by atoms with Crippen LogP contribution in [-0.4, -0.2) is 28.7 Å². The lowest BCUT2D eigenvalue weighted by atomic mass is 10.00. The molecule has 0 N–H and O–H groups in total. The van der Waals surface area contributed by atoms with Gasteiger partial charge in [0.2, 0.25) is 0 Å². The van der Waals surface area contributed by atoms with Gasteiger partial charge in [-0.1, -0.05) is 54.6 Å². The highest BCUT2D eigenvalue weighted by atomic mass is 16.2. The third kappa shape index (κ3) is 2.61. The SMILES string of the molecule is O=C(N1CCc2ccccc2C1)N1N=CCC1c1ccccc1. The summed E-state index contributed by atoms with van der Waals surface area (Å²) in [7, 11) is 0. The van der Waals surface area contributed by atoms with Gasteiger partial charge < -0.3 is 4.90 Å². The highest BCUT2D eigenvalue weighted by Gasteiger charge is 2.32. The molecule has 0 saturated carbocycles. The third-order valence-corrected chi connectivity index (χ3v) is 4.61. The number of hydrazone groups is 1. The average molecular weight is 305 g/mol. The fraction of sp³-hybridized carbons (Fsp3) is 0.263. The van der Waals surface area contributed by atoms with E-state index in [9.17, 15) is 4.79 Å². The van der Waals surface area contributed by atoms with Crippen molar-refractivity contribution >= 4 is 12.2 Å². The molecule has 4 nitrogen and oxygen atoms in total. The molecule has 4 rings (SSSR count). The van der Waals surface area contributed by atoms with Crippen molar-refractivity contribution in [3.8, 4) is 0 Å². The van der Waals surface area contributed by atoms with Crippen LogP contribution in [0.3, 0.4) is 0 Å². The van der Waals surface area contributed by atoms with Crippen LogP contribution in [0.25, 0.3) is 0 Å². The maximum atomic E-state index is 12.9. The zero-order chi connectivity index (χ0) is 15.6. The van der Waals surface area contributed by atoms with Crippen molar-refractivity contribution in [1.82, 2.24) is 9.91 Å². The first-order chi connectivity index (χ1) is 11.3. The largest absolute Gasteiger partial charge is 0.341 e. The fourth-order valence-electron chi connectivity index (χ4n) is 3.35. The lowest BCUT2D eigenvalue weighted by molar-refractivity contribution is 0.137. The van der Waals surface area contributed by atoms with E-state index in [1.807, 2.05) is 35.4 Å². The molecule has 23 heavy (non-hydrogen) atoms. The second-order valence-electron chi connectivity index (χ2n) is 6.03. The van der Waals surface area contributed by atoms with E-state index >= 15 is 0 Å². The average Bonchev–Trinajstić information content (AvgIpc) is 3.11. The fourth-order valence-corrected chi connectivity index (χ4v) is 3.35. The normalized spacial score (nSPS) is 19.7. The molecule has 2 amide bonds. The lowest BCUT2D eigenvalue weighted by Gasteiger charge is -2.33. The number of amides is 2. The van der Waals surface area contributed by atoms with Gasteiger partial charge in [0, 0.05) is 25.7 Å². The molecule has 2 aromatic rings. The summed E-state index contributed by atoms with van der Waals surface area (Å²) in [4.78, 5) is 14.8. The number of benzene rings is 2. The van der Waals surface area contributed by atoms with Crippen LogP contribution >= 0.6 is 0 Å². The highest BCUT2D eigenvalue weighted by molar-refractivity contribution is 5.78. The maximum absolute atomic E-state index is 12.9. The van der Waals surface area contributed by atoms with Crippen LogP contribution in [0.4, 0.5) is 4.79 Å². The van der Waals surface area contributed by atoms with Crippen LogP contribution in [0.1, 0.15) is 29.2 Å². The van der Waals surface area contributed by atoms with Gasteiger partial charge >= 0.3 is 6.03 Å². The van der Waals surface area contributed by atoms with E-state index in [1.54, 1.807) is 5.01 Å². The van der Waals surface area contributed by atoms with Gasteiger partial charge in [0.25, 0.3) is 0 Å². The Hall–Kier alpha value is -2.62. The summed E-state index contributed by atoms with van der Waals surface area (Å²) in [5.74, 6) is 0. The van der Waals surface area contributed by atoms with Gasteiger partial charge in [0.05, 0.1) is 6.04 Å². The second kappa shape index (κ2) is 5.88. The third-order valence-electron chi connectivity index (χ3n) is 4.61. The molecule has 2 aliphatic rings. The van der Waals surface area contributed by atoms with E-state index in [1.165, 1.54) is 11.1 Å². The number of carbonyl (C=O) groups is 1. The molecule has 0 spiro atoms. The molecule has 0 radical (unpaired) electrons. The topological polar surface area (TPSA) is 35.9 Å². The second-order valence-corrected chi connectivity index (χ2v) is 6.03. The van der Waals surface area contributed by atoms with Gasteiger partial charge in [-0.2, -0.15) is 5.10 Å². The van der Waals surface area contributed by atoms with Crippen molar-refractivity contribution in [1.29, 1.82) is 0 Å². The summed E-state index contributed by atoms with van der Waals surface area (Å²) in [6, 6.07) is 18.5. The van der Waals surface area contributed by atoms with Crippen molar-refractivity contribution in [2.45, 2.75) is 25.4 Å². The van der Waals surface area contributed by atoms with Gasteiger partial charge in [-0.25, -0.2) is 9.80 Å². The van der Waals surface area contributed by atoms with E-state index in [2.05, 4.69) is 35.4 Å². The Morgan fingerprint density at radius 1 is 1.00 bits per heavy atom. The predicted octanol–water partition coefficient (Wildman–Crippen LogP) is 3.60. The maximum Gasteiger partial charge on any atom is 0.341 e. The van der Waals surface area contributed by atoms with Gasteiger partial charge in [-0.05, 0) is 23.1 Å². The van der Waals surface area contributed by atoms with Crippen molar-refractivity contribution in [3.05, 3.63) is 71.3 Å². The summed E-state index contributed by atoms with van der Waals surface area (Å²) >= 11 is 0. The van der Waals surface area contributed by atoms with Crippen molar-refractivity contribution in [3.63, 3.8) is 0 Å². The Bertz CT molecular complexity index is 741. The molecule has 0 bridgehead atoms. The smallest absolute Gasteiger partial charge is 0.318 e. The first kappa shape index (κ1) is 14.0. The van der Waals surface area contributed by atoms with Crippen LogP contribution in [0, 0.1) is 0 Å². The van der Waals surface area contributed by atoms with E-state index < -0.39 is 0 Å². The minimum absolute atomic E-state index is 0.00195. The van der Waals surface area contributed by atoms with Gasteiger partial charge in [0.15, 0.2) is 0 Å². The van der Waals surface area contributed by atoms with E-state index in [0.717, 1.165) is 24.9 Å². The Labute approximate surface area is 136 Å². The van der Waals surface area contributed by atoms with Crippen molar-refractivity contribution in [2.24, 2.45) is 5.10 Å². The summed E-state index contributed by atoms with van der Waals surface area (Å²) in [5.41, 5.74) is 3.73. The lowest BCUT2D eigenvalue weighted by Crippen LogP contribution is -2.43. The standard InChI is InChI=1S/C19H19N3O/c23-19(21-13-11-15-6-4-5-9-17(15)14-21)22-18(10-12-20-22)16-7-2-1-3-8-16/h1-9,12,18H,10-11,13-14H2. The molecule has 1 unspecified atom stereocenters. The highest BCUT2D eigenvalue weighted by Crippen LogP contribution is 2.30. The first-order valence-electron chi connectivity index (χ1n) is 8.05. The molecule has 0 saturated heterocycles. The number of hydrogen-bond acceptors (Lipinski definition) is 2. The van der Waals surface area contributed by atoms with Crippen LogP contribution in [0.2, 0.25) is 0 Å². The molecular formula is C19H19N3O. The molecule has 4 heteroatoms. The molecule has 0 aliphatic carbocycles. The van der Waals surface area contributed by atoms with Crippen LogP contribution in [0.5, 0.6) is 0 Å². The van der Waals surface area contributed by atoms with E-state index in [-0.39, 0.29) is 12.1 Å². The number of fused-ring (bicyclic) bond motifs is 1. The molecule has 116 valence electrons. The number of carbonyl (C=O) groups excluding carboxylic acids is 1. The molecule has 0 aromatic heterocycles. The summed E-state index contributed by atoms with van der Waals surface area (Å²) in [6.45, 7) is 1.42. The predicted molar refractivity (Wildman–Crippen MR) is 90.1 cm³/mol. The Kier molecular flexibility index (Phi) is 3.58.